The number of para-hydroxylation sites is 1. The van der Waals surface area contributed by atoms with E-state index in [1.807, 2.05) is 35.9 Å². The Kier molecular flexibility index (Phi) is 5.00. The highest BCUT2D eigenvalue weighted by atomic mass is 32.2. The molecule has 0 bridgehead atoms. The predicted octanol–water partition coefficient (Wildman–Crippen LogP) is 1.97. The van der Waals surface area contributed by atoms with Crippen LogP contribution >= 0.6 is 0 Å². The average molecular weight is 309 g/mol. The third-order valence-electron chi connectivity index (χ3n) is 3.58. The standard InChI is InChI=1S/C15H23N3O2S/c1-4-16-11-14-13-7-5-6-8-15(13)18(17-14)9-10-21(19,20)12(2)3/h5-8,12,16H,4,9-11H2,1-3H3. The van der Waals surface area contributed by atoms with Crippen molar-refractivity contribution in [1.82, 2.24) is 15.1 Å². The quantitative estimate of drug-likeness (QED) is 0.849. The minimum absolute atomic E-state index is 0.122. The summed E-state index contributed by atoms with van der Waals surface area (Å²) in [7, 11) is -3.05. The largest absolute Gasteiger partial charge is 0.311 e. The van der Waals surface area contributed by atoms with Crippen molar-refractivity contribution in [2.75, 3.05) is 12.3 Å². The van der Waals surface area contributed by atoms with E-state index < -0.39 is 9.84 Å². The Morgan fingerprint density at radius 1 is 1.29 bits per heavy atom. The van der Waals surface area contributed by atoms with Gasteiger partial charge in [0, 0.05) is 11.9 Å². The van der Waals surface area contributed by atoms with Crippen LogP contribution in [0.1, 0.15) is 26.5 Å². The fourth-order valence-corrected chi connectivity index (χ4v) is 3.09. The van der Waals surface area contributed by atoms with Crippen LogP contribution in [0.15, 0.2) is 24.3 Å². The summed E-state index contributed by atoms with van der Waals surface area (Å²) < 4.78 is 25.7. The molecule has 1 aromatic carbocycles. The number of benzene rings is 1. The van der Waals surface area contributed by atoms with E-state index in [1.54, 1.807) is 13.8 Å². The van der Waals surface area contributed by atoms with Gasteiger partial charge in [0.25, 0.3) is 0 Å². The Bertz CT molecular complexity index is 705. The van der Waals surface area contributed by atoms with Gasteiger partial charge in [0.1, 0.15) is 0 Å². The number of rotatable bonds is 7. The van der Waals surface area contributed by atoms with Gasteiger partial charge in [-0.2, -0.15) is 5.10 Å². The summed E-state index contributed by atoms with van der Waals surface area (Å²) >= 11 is 0. The summed E-state index contributed by atoms with van der Waals surface area (Å²) in [4.78, 5) is 0. The number of nitrogens with one attached hydrogen (secondary N) is 1. The molecule has 0 aliphatic carbocycles. The highest BCUT2D eigenvalue weighted by Crippen LogP contribution is 2.18. The normalized spacial score (nSPS) is 12.4. The molecule has 0 fully saturated rings. The minimum atomic E-state index is -3.05. The van der Waals surface area contributed by atoms with Crippen molar-refractivity contribution in [3.05, 3.63) is 30.0 Å². The fourth-order valence-electron chi connectivity index (χ4n) is 2.19. The van der Waals surface area contributed by atoms with Gasteiger partial charge in [-0.3, -0.25) is 4.68 Å². The number of aryl methyl sites for hydroxylation is 1. The molecule has 1 aromatic heterocycles. The van der Waals surface area contributed by atoms with Crippen molar-refractivity contribution < 1.29 is 8.42 Å². The van der Waals surface area contributed by atoms with Crippen LogP contribution in [0.2, 0.25) is 0 Å². The number of nitrogens with zero attached hydrogens (tertiary/aromatic N) is 2. The minimum Gasteiger partial charge on any atom is -0.311 e. The molecule has 1 N–H and O–H groups in total. The first-order valence-electron chi connectivity index (χ1n) is 7.32. The Balaban J connectivity index is 2.28. The summed E-state index contributed by atoms with van der Waals surface area (Å²) in [6.45, 7) is 7.45. The lowest BCUT2D eigenvalue weighted by Crippen LogP contribution is -2.21. The maximum Gasteiger partial charge on any atom is 0.154 e. The summed E-state index contributed by atoms with van der Waals surface area (Å²) in [5.41, 5.74) is 1.96. The van der Waals surface area contributed by atoms with Gasteiger partial charge in [-0.05, 0) is 26.5 Å². The molecule has 0 aliphatic rings. The lowest BCUT2D eigenvalue weighted by Gasteiger charge is -2.08. The van der Waals surface area contributed by atoms with E-state index in [9.17, 15) is 8.42 Å². The van der Waals surface area contributed by atoms with Crippen LogP contribution in [-0.2, 0) is 22.9 Å². The predicted molar refractivity (Wildman–Crippen MR) is 86.0 cm³/mol. The topological polar surface area (TPSA) is 64.0 Å². The molecular formula is C15H23N3O2S. The second kappa shape index (κ2) is 6.58. The first kappa shape index (κ1) is 16.0. The van der Waals surface area contributed by atoms with E-state index in [4.69, 9.17) is 0 Å². The summed E-state index contributed by atoms with van der Waals surface area (Å²) in [5, 5.41) is 8.58. The Morgan fingerprint density at radius 2 is 2.00 bits per heavy atom. The monoisotopic (exact) mass is 309 g/mol. The molecule has 0 radical (unpaired) electrons. The Labute approximate surface area is 126 Å². The van der Waals surface area contributed by atoms with E-state index in [-0.39, 0.29) is 11.0 Å². The lowest BCUT2D eigenvalue weighted by atomic mass is 10.2. The zero-order chi connectivity index (χ0) is 15.5. The fraction of sp³-hybridized carbons (Fsp3) is 0.533. The zero-order valence-corrected chi connectivity index (χ0v) is 13.7. The highest BCUT2D eigenvalue weighted by molar-refractivity contribution is 7.91. The smallest absolute Gasteiger partial charge is 0.154 e. The molecule has 0 saturated heterocycles. The molecular weight excluding hydrogens is 286 g/mol. The van der Waals surface area contributed by atoms with Gasteiger partial charge in [0.05, 0.1) is 28.8 Å². The molecule has 0 atom stereocenters. The van der Waals surface area contributed by atoms with Crippen LogP contribution in [0.25, 0.3) is 10.9 Å². The van der Waals surface area contributed by atoms with E-state index in [2.05, 4.69) is 10.4 Å². The number of hydrogen-bond acceptors (Lipinski definition) is 4. The Morgan fingerprint density at radius 3 is 2.67 bits per heavy atom. The molecule has 116 valence electrons. The van der Waals surface area contributed by atoms with Gasteiger partial charge in [0.15, 0.2) is 9.84 Å². The maximum absolute atomic E-state index is 12.0. The van der Waals surface area contributed by atoms with Crippen molar-refractivity contribution in [2.24, 2.45) is 0 Å². The van der Waals surface area contributed by atoms with Crippen molar-refractivity contribution in [3.63, 3.8) is 0 Å². The molecule has 2 aromatic rings. The van der Waals surface area contributed by atoms with Crippen molar-refractivity contribution in [1.29, 1.82) is 0 Å². The number of fused-ring (bicyclic) bond motifs is 1. The van der Waals surface area contributed by atoms with Crippen molar-refractivity contribution >= 4 is 20.7 Å². The van der Waals surface area contributed by atoms with Gasteiger partial charge in [0.2, 0.25) is 0 Å². The van der Waals surface area contributed by atoms with Crippen LogP contribution in [0.5, 0.6) is 0 Å². The van der Waals surface area contributed by atoms with E-state index in [0.29, 0.717) is 13.1 Å². The van der Waals surface area contributed by atoms with E-state index in [0.717, 1.165) is 23.1 Å². The van der Waals surface area contributed by atoms with Gasteiger partial charge in [-0.1, -0.05) is 25.1 Å². The molecule has 0 spiro atoms. The van der Waals surface area contributed by atoms with Crippen LogP contribution in [0.3, 0.4) is 0 Å². The molecule has 2 rings (SSSR count). The Hall–Kier alpha value is -1.40. The number of aromatic nitrogens is 2. The van der Waals surface area contributed by atoms with Crippen LogP contribution < -0.4 is 5.32 Å². The second-order valence-electron chi connectivity index (χ2n) is 5.38. The molecule has 0 aliphatic heterocycles. The third-order valence-corrected chi connectivity index (χ3v) is 5.77. The van der Waals surface area contributed by atoms with Gasteiger partial charge < -0.3 is 5.32 Å². The zero-order valence-electron chi connectivity index (χ0n) is 12.8. The van der Waals surface area contributed by atoms with Crippen LogP contribution in [-0.4, -0.2) is 35.7 Å². The molecule has 6 heteroatoms. The second-order valence-corrected chi connectivity index (χ2v) is 8.06. The maximum atomic E-state index is 12.0. The molecule has 21 heavy (non-hydrogen) atoms. The van der Waals surface area contributed by atoms with Gasteiger partial charge in [-0.25, -0.2) is 8.42 Å². The van der Waals surface area contributed by atoms with E-state index in [1.165, 1.54) is 0 Å². The summed E-state index contributed by atoms with van der Waals surface area (Å²) in [5.74, 6) is 0.122. The summed E-state index contributed by atoms with van der Waals surface area (Å²) in [6, 6.07) is 7.95. The first-order valence-corrected chi connectivity index (χ1v) is 9.04. The third kappa shape index (κ3) is 3.63. The molecule has 0 unspecified atom stereocenters. The number of hydrogen-bond donors (Lipinski definition) is 1. The van der Waals surface area contributed by atoms with Crippen molar-refractivity contribution in [2.45, 2.75) is 39.1 Å². The van der Waals surface area contributed by atoms with E-state index >= 15 is 0 Å². The van der Waals surface area contributed by atoms with Crippen LogP contribution in [0.4, 0.5) is 0 Å². The summed E-state index contributed by atoms with van der Waals surface area (Å²) in [6.07, 6.45) is 0. The number of sulfone groups is 1. The molecule has 1 heterocycles. The van der Waals surface area contributed by atoms with Gasteiger partial charge >= 0.3 is 0 Å². The SMILES string of the molecule is CCNCc1nn(CCS(=O)(=O)C(C)C)c2ccccc12. The molecule has 0 saturated carbocycles. The average Bonchev–Trinajstić information content (AvgIpc) is 2.81. The van der Waals surface area contributed by atoms with Crippen molar-refractivity contribution in [3.8, 4) is 0 Å². The highest BCUT2D eigenvalue weighted by Gasteiger charge is 2.17. The molecule has 0 amide bonds. The lowest BCUT2D eigenvalue weighted by molar-refractivity contribution is 0.573. The first-order chi connectivity index (χ1) is 9.95. The van der Waals surface area contributed by atoms with Crippen LogP contribution in [0, 0.1) is 0 Å². The molecule has 5 nitrogen and oxygen atoms in total. The van der Waals surface area contributed by atoms with Gasteiger partial charge in [-0.15, -0.1) is 0 Å².